The summed E-state index contributed by atoms with van der Waals surface area (Å²) < 4.78 is 37.8. The Hall–Kier alpha value is -2.17. The number of nitriles is 1. The molecule has 0 fully saturated rings. The first kappa shape index (κ1) is 11.9. The standard InChI is InChI=1S/C8H4F3N3O2/c9-5-3-13-6(8(10)11)4(1-2-12)7(5)14(15)16/h3,8H,1H2. The third-order valence-corrected chi connectivity index (χ3v) is 1.78. The highest BCUT2D eigenvalue weighted by atomic mass is 19.3. The zero-order valence-electron chi connectivity index (χ0n) is 7.65. The average Bonchev–Trinajstić information content (AvgIpc) is 2.17. The summed E-state index contributed by atoms with van der Waals surface area (Å²) in [5.41, 5.74) is -2.73. The van der Waals surface area contributed by atoms with E-state index in [1.165, 1.54) is 6.07 Å². The fourth-order valence-corrected chi connectivity index (χ4v) is 1.17. The average molecular weight is 231 g/mol. The molecule has 0 saturated carbocycles. The number of hydrogen-bond donors (Lipinski definition) is 0. The molecular weight excluding hydrogens is 227 g/mol. The molecule has 0 aromatic carbocycles. The molecule has 1 aromatic rings. The van der Waals surface area contributed by atoms with Gasteiger partial charge in [-0.25, -0.2) is 8.78 Å². The maximum Gasteiger partial charge on any atom is 0.312 e. The van der Waals surface area contributed by atoms with Crippen molar-refractivity contribution in [2.45, 2.75) is 12.8 Å². The Labute approximate surface area is 87.3 Å². The van der Waals surface area contributed by atoms with E-state index in [0.717, 1.165) is 0 Å². The lowest BCUT2D eigenvalue weighted by molar-refractivity contribution is -0.388. The highest BCUT2D eigenvalue weighted by molar-refractivity contribution is 5.45. The molecule has 8 heteroatoms. The normalized spacial score (nSPS) is 10.2. The summed E-state index contributed by atoms with van der Waals surface area (Å²) in [7, 11) is 0. The first-order chi connectivity index (χ1) is 7.49. The van der Waals surface area contributed by atoms with Crippen LogP contribution in [-0.2, 0) is 6.42 Å². The van der Waals surface area contributed by atoms with Crippen LogP contribution >= 0.6 is 0 Å². The minimum atomic E-state index is -3.09. The first-order valence-corrected chi connectivity index (χ1v) is 3.95. The molecule has 0 radical (unpaired) electrons. The number of nitro groups is 1. The number of hydrogen-bond acceptors (Lipinski definition) is 4. The van der Waals surface area contributed by atoms with Crippen molar-refractivity contribution < 1.29 is 18.1 Å². The van der Waals surface area contributed by atoms with Gasteiger partial charge in [0.05, 0.1) is 29.2 Å². The summed E-state index contributed by atoms with van der Waals surface area (Å²) >= 11 is 0. The second kappa shape index (κ2) is 4.57. The quantitative estimate of drug-likeness (QED) is 0.589. The SMILES string of the molecule is N#CCc1c(C(F)F)ncc(F)c1[N+](=O)[O-]. The Bertz CT molecular complexity index is 470. The molecule has 0 bridgehead atoms. The van der Waals surface area contributed by atoms with Crippen molar-refractivity contribution in [1.29, 1.82) is 5.26 Å². The molecule has 16 heavy (non-hydrogen) atoms. The van der Waals surface area contributed by atoms with Crippen molar-refractivity contribution in [2.75, 3.05) is 0 Å². The van der Waals surface area contributed by atoms with Crippen molar-refractivity contribution in [2.24, 2.45) is 0 Å². The number of pyridine rings is 1. The van der Waals surface area contributed by atoms with Crippen LogP contribution in [0.1, 0.15) is 17.7 Å². The van der Waals surface area contributed by atoms with Crippen molar-refractivity contribution in [3.05, 3.63) is 33.4 Å². The zero-order chi connectivity index (χ0) is 12.3. The molecule has 1 heterocycles. The second-order valence-corrected chi connectivity index (χ2v) is 2.71. The third-order valence-electron chi connectivity index (χ3n) is 1.78. The van der Waals surface area contributed by atoms with Crippen LogP contribution in [0, 0.1) is 27.3 Å². The molecule has 0 N–H and O–H groups in total. The second-order valence-electron chi connectivity index (χ2n) is 2.71. The summed E-state index contributed by atoms with van der Waals surface area (Å²) in [6.07, 6.45) is -3.44. The molecule has 0 spiro atoms. The van der Waals surface area contributed by atoms with Gasteiger partial charge in [-0.1, -0.05) is 0 Å². The molecular formula is C8H4F3N3O2. The van der Waals surface area contributed by atoms with Gasteiger partial charge >= 0.3 is 5.69 Å². The van der Waals surface area contributed by atoms with E-state index in [1.807, 2.05) is 0 Å². The Morgan fingerprint density at radius 3 is 2.69 bits per heavy atom. The Balaban J connectivity index is 3.51. The number of aromatic nitrogens is 1. The molecule has 0 aliphatic heterocycles. The van der Waals surface area contributed by atoms with E-state index in [0.29, 0.717) is 6.20 Å². The fraction of sp³-hybridized carbons (Fsp3) is 0.250. The van der Waals surface area contributed by atoms with E-state index >= 15 is 0 Å². The monoisotopic (exact) mass is 231 g/mol. The van der Waals surface area contributed by atoms with Crippen molar-refractivity contribution in [1.82, 2.24) is 4.98 Å². The van der Waals surface area contributed by atoms with Crippen LogP contribution in [-0.4, -0.2) is 9.91 Å². The van der Waals surface area contributed by atoms with Gasteiger partial charge in [0.25, 0.3) is 6.43 Å². The Kier molecular flexibility index (Phi) is 3.40. The molecule has 1 aromatic heterocycles. The van der Waals surface area contributed by atoms with Crippen LogP contribution < -0.4 is 0 Å². The zero-order valence-corrected chi connectivity index (χ0v) is 7.65. The maximum atomic E-state index is 13.0. The van der Waals surface area contributed by atoms with Crippen LogP contribution in [0.4, 0.5) is 18.9 Å². The van der Waals surface area contributed by atoms with Gasteiger partial charge in [-0.05, 0) is 0 Å². The minimum absolute atomic E-state index is 0.348. The largest absolute Gasteiger partial charge is 0.312 e. The molecule has 5 nitrogen and oxygen atoms in total. The predicted octanol–water partition coefficient (Wildman–Crippen LogP) is 2.13. The third kappa shape index (κ3) is 2.08. The smallest absolute Gasteiger partial charge is 0.258 e. The van der Waals surface area contributed by atoms with Crippen molar-refractivity contribution in [3.8, 4) is 6.07 Å². The fourth-order valence-electron chi connectivity index (χ4n) is 1.17. The molecule has 84 valence electrons. The molecule has 0 unspecified atom stereocenters. The summed E-state index contributed by atoms with van der Waals surface area (Å²) in [4.78, 5) is 12.4. The highest BCUT2D eigenvalue weighted by Crippen LogP contribution is 2.30. The predicted molar refractivity (Wildman–Crippen MR) is 45.1 cm³/mol. The van der Waals surface area contributed by atoms with Gasteiger partial charge < -0.3 is 0 Å². The van der Waals surface area contributed by atoms with Crippen LogP contribution in [0.15, 0.2) is 6.20 Å². The van der Waals surface area contributed by atoms with Gasteiger partial charge in [-0.2, -0.15) is 9.65 Å². The van der Waals surface area contributed by atoms with Crippen molar-refractivity contribution in [3.63, 3.8) is 0 Å². The van der Waals surface area contributed by atoms with Gasteiger partial charge in [-0.15, -0.1) is 0 Å². The molecule has 0 amide bonds. The van der Waals surface area contributed by atoms with E-state index in [4.69, 9.17) is 5.26 Å². The Morgan fingerprint density at radius 2 is 2.25 bits per heavy atom. The summed E-state index contributed by atoms with van der Waals surface area (Å²) in [6, 6.07) is 1.46. The van der Waals surface area contributed by atoms with Crippen molar-refractivity contribution >= 4 is 5.69 Å². The van der Waals surface area contributed by atoms with Gasteiger partial charge in [-0.3, -0.25) is 15.1 Å². The Morgan fingerprint density at radius 1 is 1.62 bits per heavy atom. The summed E-state index contributed by atoms with van der Waals surface area (Å²) in [6.45, 7) is 0. The number of halogens is 3. The van der Waals surface area contributed by atoms with Crippen LogP contribution in [0.25, 0.3) is 0 Å². The van der Waals surface area contributed by atoms with Gasteiger partial charge in [0, 0.05) is 0 Å². The van der Waals surface area contributed by atoms with E-state index in [9.17, 15) is 23.3 Å². The lowest BCUT2D eigenvalue weighted by Gasteiger charge is -2.05. The lowest BCUT2D eigenvalue weighted by Crippen LogP contribution is -2.06. The van der Waals surface area contributed by atoms with E-state index < -0.39 is 40.5 Å². The summed E-state index contributed by atoms with van der Waals surface area (Å²) in [5.74, 6) is -1.33. The van der Waals surface area contributed by atoms with E-state index in [2.05, 4.69) is 4.98 Å². The molecule has 1 rings (SSSR count). The first-order valence-electron chi connectivity index (χ1n) is 3.95. The number of nitrogens with zero attached hydrogens (tertiary/aromatic N) is 3. The van der Waals surface area contributed by atoms with E-state index in [1.54, 1.807) is 0 Å². The molecule has 0 atom stereocenters. The van der Waals surface area contributed by atoms with Crippen LogP contribution in [0.3, 0.4) is 0 Å². The number of rotatable bonds is 3. The molecule has 0 saturated heterocycles. The van der Waals surface area contributed by atoms with E-state index in [-0.39, 0.29) is 0 Å². The van der Waals surface area contributed by atoms with Gasteiger partial charge in [0.1, 0.15) is 5.69 Å². The highest BCUT2D eigenvalue weighted by Gasteiger charge is 2.28. The van der Waals surface area contributed by atoms with Gasteiger partial charge in [0.2, 0.25) is 5.82 Å². The lowest BCUT2D eigenvalue weighted by atomic mass is 10.1. The topological polar surface area (TPSA) is 79.8 Å². The minimum Gasteiger partial charge on any atom is -0.258 e. The maximum absolute atomic E-state index is 13.0. The summed E-state index contributed by atoms with van der Waals surface area (Å²) in [5, 5.41) is 18.8. The molecule has 0 aliphatic rings. The van der Waals surface area contributed by atoms with Gasteiger partial charge in [0.15, 0.2) is 0 Å². The molecule has 0 aliphatic carbocycles. The number of alkyl halides is 2. The van der Waals surface area contributed by atoms with Crippen LogP contribution in [0.2, 0.25) is 0 Å². The van der Waals surface area contributed by atoms with Crippen LogP contribution in [0.5, 0.6) is 0 Å².